The van der Waals surface area contributed by atoms with Crippen LogP contribution in [0.1, 0.15) is 27.7 Å². The molecule has 0 amide bonds. The predicted octanol–water partition coefficient (Wildman–Crippen LogP) is 1.11. The summed E-state index contributed by atoms with van der Waals surface area (Å²) >= 11 is 0. The standard InChI is InChI=1S/C10H19N3O7/c1-6(2)18-10(16)19-8(4)20-11-13(17)12(5)7(3)9(14)15/h6-8H,1-5H3,(H,14,15)/b13-11-/t7-,8?/m0/s1. The predicted molar refractivity (Wildman–Crippen MR) is 64.2 cm³/mol. The third-order valence-corrected chi connectivity index (χ3v) is 2.05. The van der Waals surface area contributed by atoms with Gasteiger partial charge in [-0.2, -0.15) is 0 Å². The zero-order valence-electron chi connectivity index (χ0n) is 12.0. The van der Waals surface area contributed by atoms with Gasteiger partial charge in [0, 0.05) is 6.92 Å². The van der Waals surface area contributed by atoms with Crippen LogP contribution in [0.5, 0.6) is 0 Å². The summed E-state index contributed by atoms with van der Waals surface area (Å²) in [4.78, 5) is 26.3. The van der Waals surface area contributed by atoms with Crippen LogP contribution in [0.2, 0.25) is 0 Å². The second kappa shape index (κ2) is 8.02. The van der Waals surface area contributed by atoms with Gasteiger partial charge in [-0.3, -0.25) is 4.84 Å². The summed E-state index contributed by atoms with van der Waals surface area (Å²) < 4.78 is 9.30. The molecule has 0 aromatic heterocycles. The first-order valence-corrected chi connectivity index (χ1v) is 5.82. The fourth-order valence-corrected chi connectivity index (χ4v) is 0.850. The van der Waals surface area contributed by atoms with E-state index in [0.29, 0.717) is 0 Å². The highest BCUT2D eigenvalue weighted by atomic mass is 16.8. The quantitative estimate of drug-likeness (QED) is 0.243. The Morgan fingerprint density at radius 2 is 1.80 bits per heavy atom. The Labute approximate surface area is 116 Å². The van der Waals surface area contributed by atoms with Crippen molar-refractivity contribution in [3.8, 4) is 0 Å². The molecule has 10 nitrogen and oxygen atoms in total. The molecule has 0 aliphatic heterocycles. The van der Waals surface area contributed by atoms with Crippen LogP contribution in [-0.4, -0.2) is 52.7 Å². The molecular formula is C10H19N3O7. The van der Waals surface area contributed by atoms with Crippen molar-refractivity contribution in [1.29, 1.82) is 0 Å². The molecule has 1 N–H and O–H groups in total. The molecule has 0 radical (unpaired) electrons. The van der Waals surface area contributed by atoms with Gasteiger partial charge in [0.2, 0.25) is 5.28 Å². The Kier molecular flexibility index (Phi) is 7.11. The number of aliphatic carboxylic acids is 1. The maximum atomic E-state index is 11.4. The molecule has 0 fully saturated rings. The zero-order valence-corrected chi connectivity index (χ0v) is 12.0. The maximum Gasteiger partial charge on any atom is 0.511 e. The smallest absolute Gasteiger partial charge is 0.511 e. The van der Waals surface area contributed by atoms with Crippen LogP contribution < -0.4 is 0 Å². The van der Waals surface area contributed by atoms with Crippen molar-refractivity contribution in [3.05, 3.63) is 5.21 Å². The van der Waals surface area contributed by atoms with Gasteiger partial charge in [0.15, 0.2) is 6.04 Å². The minimum Gasteiger partial charge on any atom is -0.569 e. The lowest BCUT2D eigenvalue weighted by molar-refractivity contribution is -0.711. The Bertz CT molecular complexity index is 372. The largest absolute Gasteiger partial charge is 0.569 e. The molecular weight excluding hydrogens is 274 g/mol. The number of hydrogen-bond donors (Lipinski definition) is 1. The van der Waals surface area contributed by atoms with E-state index in [1.54, 1.807) is 13.8 Å². The topological polar surface area (TPSA) is 124 Å². The molecule has 116 valence electrons. The number of carbonyl (C=O) groups is 2. The third kappa shape index (κ3) is 6.61. The molecule has 0 saturated heterocycles. The summed E-state index contributed by atoms with van der Waals surface area (Å²) in [5, 5.41) is 23.9. The molecule has 1 unspecified atom stereocenters. The number of nitrogens with zero attached hydrogens (tertiary/aromatic N) is 3. The average molecular weight is 293 g/mol. The first kappa shape index (κ1) is 17.7. The van der Waals surface area contributed by atoms with Crippen LogP contribution in [0.15, 0.2) is 5.28 Å². The minimum absolute atomic E-state index is 0.0631. The highest BCUT2D eigenvalue weighted by Gasteiger charge is 2.24. The number of carbonyl (C=O) groups excluding carboxylic acids is 1. The van der Waals surface area contributed by atoms with Gasteiger partial charge in [0.1, 0.15) is 0 Å². The molecule has 0 heterocycles. The Morgan fingerprint density at radius 3 is 2.25 bits per heavy atom. The van der Waals surface area contributed by atoms with E-state index in [9.17, 15) is 14.8 Å². The van der Waals surface area contributed by atoms with Gasteiger partial charge in [-0.25, -0.2) is 9.59 Å². The van der Waals surface area contributed by atoms with E-state index < -0.39 is 24.5 Å². The Hall–Kier alpha value is -2.26. The number of ether oxygens (including phenoxy) is 2. The second-order valence-electron chi connectivity index (χ2n) is 4.13. The molecule has 2 atom stereocenters. The summed E-state index contributed by atoms with van der Waals surface area (Å²) in [7, 11) is 1.22. The van der Waals surface area contributed by atoms with E-state index in [-0.39, 0.29) is 11.1 Å². The van der Waals surface area contributed by atoms with Gasteiger partial charge < -0.3 is 19.8 Å². The van der Waals surface area contributed by atoms with Crippen molar-refractivity contribution >= 4 is 12.1 Å². The van der Waals surface area contributed by atoms with E-state index in [0.717, 1.165) is 5.01 Å². The molecule has 20 heavy (non-hydrogen) atoms. The lowest BCUT2D eigenvalue weighted by Crippen LogP contribution is -2.40. The highest BCUT2D eigenvalue weighted by Crippen LogP contribution is 2.02. The average Bonchev–Trinajstić information content (AvgIpc) is 2.32. The molecule has 0 aromatic carbocycles. The fourth-order valence-electron chi connectivity index (χ4n) is 0.850. The molecule has 0 aliphatic rings. The monoisotopic (exact) mass is 293 g/mol. The van der Waals surface area contributed by atoms with E-state index >= 15 is 0 Å². The molecule has 0 spiro atoms. The normalized spacial score (nSPS) is 14.4. The van der Waals surface area contributed by atoms with Crippen molar-refractivity contribution in [2.45, 2.75) is 46.1 Å². The Balaban J connectivity index is 4.33. The molecule has 0 aromatic rings. The number of hydrogen-bond acceptors (Lipinski definition) is 7. The van der Waals surface area contributed by atoms with Crippen molar-refractivity contribution in [2.24, 2.45) is 5.28 Å². The van der Waals surface area contributed by atoms with Crippen LogP contribution in [0.3, 0.4) is 0 Å². The number of rotatable bonds is 7. The molecule has 0 aliphatic carbocycles. The number of likely N-dealkylation sites (N-methyl/N-ethyl adjacent to an activating group) is 1. The minimum atomic E-state index is -1.20. The molecule has 0 bridgehead atoms. The van der Waals surface area contributed by atoms with Crippen molar-refractivity contribution in [1.82, 2.24) is 5.01 Å². The van der Waals surface area contributed by atoms with Crippen molar-refractivity contribution < 1.29 is 34.0 Å². The summed E-state index contributed by atoms with van der Waals surface area (Å²) in [6.07, 6.45) is -2.48. The maximum absolute atomic E-state index is 11.4. The number of carboxylic acid groups (broad SMARTS) is 1. The van der Waals surface area contributed by atoms with Crippen LogP contribution in [0.25, 0.3) is 0 Å². The van der Waals surface area contributed by atoms with Crippen LogP contribution in [0.4, 0.5) is 4.79 Å². The van der Waals surface area contributed by atoms with Crippen LogP contribution in [-0.2, 0) is 19.1 Å². The fraction of sp³-hybridized carbons (Fsp3) is 0.800. The first-order chi connectivity index (χ1) is 9.15. The van der Waals surface area contributed by atoms with Gasteiger partial charge in [-0.15, -0.1) is 5.01 Å². The van der Waals surface area contributed by atoms with E-state index in [1.807, 2.05) is 0 Å². The van der Waals surface area contributed by atoms with E-state index in [4.69, 9.17) is 5.11 Å². The summed E-state index contributed by atoms with van der Waals surface area (Å²) in [5.74, 6) is -1.20. The first-order valence-electron chi connectivity index (χ1n) is 5.82. The van der Waals surface area contributed by atoms with Gasteiger partial charge in [-0.1, -0.05) is 0 Å². The second-order valence-corrected chi connectivity index (χ2v) is 4.13. The lowest BCUT2D eigenvalue weighted by Gasteiger charge is -2.17. The number of carboxylic acids is 1. The summed E-state index contributed by atoms with van der Waals surface area (Å²) in [6.45, 7) is 5.89. The zero-order chi connectivity index (χ0) is 15.9. The summed E-state index contributed by atoms with van der Waals surface area (Å²) in [5.41, 5.74) is 0. The number of hydrazine groups is 1. The SMILES string of the molecule is CC(C)OC(=O)OC(C)O/N=[N+](\[O-])N(C)[C@@H](C)C(=O)O. The highest BCUT2D eigenvalue weighted by molar-refractivity contribution is 5.72. The molecule has 0 saturated carbocycles. The van der Waals surface area contributed by atoms with Gasteiger partial charge in [0.25, 0.3) is 6.29 Å². The molecule has 0 rings (SSSR count). The van der Waals surface area contributed by atoms with E-state index in [1.165, 1.54) is 20.9 Å². The van der Waals surface area contributed by atoms with Gasteiger partial charge >= 0.3 is 12.1 Å². The van der Waals surface area contributed by atoms with Crippen molar-refractivity contribution in [2.75, 3.05) is 7.05 Å². The lowest BCUT2D eigenvalue weighted by atomic mass is 10.3. The molecule has 10 heteroatoms. The van der Waals surface area contributed by atoms with E-state index in [2.05, 4.69) is 19.6 Å². The van der Waals surface area contributed by atoms with Gasteiger partial charge in [-0.05, 0) is 20.8 Å². The van der Waals surface area contributed by atoms with Crippen LogP contribution >= 0.6 is 0 Å². The Morgan fingerprint density at radius 1 is 1.25 bits per heavy atom. The van der Waals surface area contributed by atoms with Gasteiger partial charge in [0.05, 0.1) is 18.1 Å². The summed E-state index contributed by atoms with van der Waals surface area (Å²) in [6, 6.07) is -1.10. The van der Waals surface area contributed by atoms with Crippen molar-refractivity contribution in [3.63, 3.8) is 0 Å². The third-order valence-electron chi connectivity index (χ3n) is 2.05. The van der Waals surface area contributed by atoms with Crippen LogP contribution in [0, 0.1) is 5.21 Å².